The maximum Gasteiger partial charge on any atom is 0.169 e. The second-order valence-corrected chi connectivity index (χ2v) is 3.02. The van der Waals surface area contributed by atoms with Crippen LogP contribution in [0.1, 0.15) is 37.6 Å². The van der Waals surface area contributed by atoms with Crippen LogP contribution in [0, 0.1) is 6.92 Å². The van der Waals surface area contributed by atoms with Gasteiger partial charge in [0.15, 0.2) is 5.82 Å². The third-order valence-electron chi connectivity index (χ3n) is 1.08. The quantitative estimate of drug-likeness (QED) is 0.663. The molecule has 80 valence electrons. The fourth-order valence-corrected chi connectivity index (χ4v) is 1.41. The van der Waals surface area contributed by atoms with Crippen molar-refractivity contribution in [3.63, 3.8) is 0 Å². The average molecular weight is 212 g/mol. The summed E-state index contributed by atoms with van der Waals surface area (Å²) in [6.07, 6.45) is 1.74. The van der Waals surface area contributed by atoms with Crippen molar-refractivity contribution in [2.75, 3.05) is 0 Å². The molecule has 0 radical (unpaired) electrons. The molecule has 1 aromatic heterocycles. The van der Waals surface area contributed by atoms with Crippen LogP contribution in [0.25, 0.3) is 6.08 Å². The number of aliphatic imine (C=N–C) groups is 1. The van der Waals surface area contributed by atoms with Gasteiger partial charge in [0.25, 0.3) is 0 Å². The number of rotatable bonds is 2. The third kappa shape index (κ3) is 4.92. The summed E-state index contributed by atoms with van der Waals surface area (Å²) in [5.74, 6) is 0.692. The molecule has 2 nitrogen and oxygen atoms in total. The zero-order valence-electron chi connectivity index (χ0n) is 9.79. The van der Waals surface area contributed by atoms with Crippen molar-refractivity contribution in [1.82, 2.24) is 4.98 Å². The smallest absolute Gasteiger partial charge is 0.169 e. The van der Waals surface area contributed by atoms with E-state index in [1.165, 1.54) is 0 Å². The Morgan fingerprint density at radius 3 is 2.07 bits per heavy atom. The summed E-state index contributed by atoms with van der Waals surface area (Å²) in [6.45, 7) is 17.0. The van der Waals surface area contributed by atoms with Crippen LogP contribution in [-0.4, -0.2) is 11.7 Å². The lowest BCUT2D eigenvalue weighted by Crippen LogP contribution is -1.65. The first-order valence-corrected chi connectivity index (χ1v) is 5.66. The van der Waals surface area contributed by atoms with E-state index in [1.807, 2.05) is 34.6 Å². The van der Waals surface area contributed by atoms with Gasteiger partial charge in [0.05, 0.1) is 9.88 Å². The lowest BCUT2D eigenvalue weighted by molar-refractivity contribution is 1.26. The third-order valence-corrected chi connectivity index (χ3v) is 2.03. The molecule has 14 heavy (non-hydrogen) atoms. The molecule has 1 heterocycles. The Labute approximate surface area is 91.4 Å². The van der Waals surface area contributed by atoms with E-state index in [0.717, 1.165) is 9.88 Å². The van der Waals surface area contributed by atoms with Gasteiger partial charge in [0.1, 0.15) is 0 Å². The lowest BCUT2D eigenvalue weighted by Gasteiger charge is -1.82. The summed E-state index contributed by atoms with van der Waals surface area (Å²) < 4.78 is 0. The summed E-state index contributed by atoms with van der Waals surface area (Å²) >= 11 is 1.58. The molecule has 0 spiro atoms. The van der Waals surface area contributed by atoms with Gasteiger partial charge in [-0.2, -0.15) is 0 Å². The van der Waals surface area contributed by atoms with Crippen LogP contribution in [0.5, 0.6) is 0 Å². The van der Waals surface area contributed by atoms with Crippen molar-refractivity contribution in [2.45, 2.75) is 34.6 Å². The van der Waals surface area contributed by atoms with Gasteiger partial charge in [-0.1, -0.05) is 34.3 Å². The molecule has 0 fully saturated rings. The van der Waals surface area contributed by atoms with Crippen molar-refractivity contribution in [3.8, 4) is 0 Å². The second kappa shape index (κ2) is 10.1. The summed E-state index contributed by atoms with van der Waals surface area (Å²) in [6, 6.07) is 0. The predicted molar refractivity (Wildman–Crippen MR) is 68.8 cm³/mol. The highest BCUT2D eigenvalue weighted by molar-refractivity contribution is 7.12. The van der Waals surface area contributed by atoms with Gasteiger partial charge in [-0.05, 0) is 19.7 Å². The highest BCUT2D eigenvalue weighted by Gasteiger charge is 2.01. The maximum absolute atomic E-state index is 4.12. The molecule has 3 heteroatoms. The van der Waals surface area contributed by atoms with Crippen LogP contribution in [0.3, 0.4) is 0 Å². The van der Waals surface area contributed by atoms with Gasteiger partial charge in [-0.3, -0.25) is 0 Å². The lowest BCUT2D eigenvalue weighted by atomic mass is 10.5. The minimum Gasteiger partial charge on any atom is -0.244 e. The number of hydrogen-bond acceptors (Lipinski definition) is 3. The van der Waals surface area contributed by atoms with Gasteiger partial charge in [-0.15, -0.1) is 11.3 Å². The molecule has 0 aromatic carbocycles. The van der Waals surface area contributed by atoms with Crippen molar-refractivity contribution in [1.29, 1.82) is 0 Å². The van der Waals surface area contributed by atoms with Crippen molar-refractivity contribution < 1.29 is 0 Å². The maximum atomic E-state index is 4.12. The highest BCUT2D eigenvalue weighted by Crippen LogP contribution is 2.25. The Balaban J connectivity index is 0. The first-order chi connectivity index (χ1) is 6.77. The first kappa shape index (κ1) is 15.5. The van der Waals surface area contributed by atoms with E-state index >= 15 is 0 Å². The van der Waals surface area contributed by atoms with E-state index in [9.17, 15) is 0 Å². The summed E-state index contributed by atoms with van der Waals surface area (Å²) in [7, 11) is 0. The normalized spacial score (nSPS) is 7.50. The molecule has 1 rings (SSSR count). The van der Waals surface area contributed by atoms with Gasteiger partial charge >= 0.3 is 0 Å². The van der Waals surface area contributed by atoms with E-state index in [1.54, 1.807) is 17.4 Å². The second-order valence-electron chi connectivity index (χ2n) is 1.78. The Hall–Kier alpha value is -0.960. The molecule has 0 aliphatic rings. The topological polar surface area (TPSA) is 25.2 Å². The molecule has 0 saturated heterocycles. The van der Waals surface area contributed by atoms with Gasteiger partial charge in [0.2, 0.25) is 0 Å². The zero-order valence-corrected chi connectivity index (χ0v) is 10.6. The van der Waals surface area contributed by atoms with Crippen LogP contribution in [0.2, 0.25) is 0 Å². The van der Waals surface area contributed by atoms with Crippen LogP contribution in [0.15, 0.2) is 11.6 Å². The highest BCUT2D eigenvalue weighted by atomic mass is 32.1. The first-order valence-electron chi connectivity index (χ1n) is 4.84. The fraction of sp³-hybridized carbons (Fsp3) is 0.455. The Morgan fingerprint density at radius 2 is 1.79 bits per heavy atom. The molecule has 0 atom stereocenters. The Bertz CT molecular complexity index is 239. The van der Waals surface area contributed by atoms with Crippen LogP contribution < -0.4 is 0 Å². The minimum atomic E-state index is 0.692. The number of hydrogen-bond donors (Lipinski definition) is 0. The molecule has 0 unspecified atom stereocenters. The van der Waals surface area contributed by atoms with E-state index in [4.69, 9.17) is 0 Å². The van der Waals surface area contributed by atoms with E-state index in [2.05, 4.69) is 23.3 Å². The van der Waals surface area contributed by atoms with Crippen molar-refractivity contribution in [3.05, 3.63) is 16.5 Å². The average Bonchev–Trinajstić information content (AvgIpc) is 2.64. The largest absolute Gasteiger partial charge is 0.244 e. The standard InChI is InChI=1S/C7H8N2S.2C2H6/c1-4-6-7(8-3)9-5(2)10-6;2*1-2/h4H,1,3H2,2H3;2*1-2H3. The number of thiazole rings is 1. The zero-order chi connectivity index (χ0) is 11.6. The molecule has 1 aromatic rings. The van der Waals surface area contributed by atoms with Crippen molar-refractivity contribution in [2.24, 2.45) is 4.99 Å². The van der Waals surface area contributed by atoms with Crippen LogP contribution in [-0.2, 0) is 0 Å². The SMILES string of the molecule is C=Cc1sc(C)nc1N=C.CC.CC. The van der Waals surface area contributed by atoms with Gasteiger partial charge in [-0.25, -0.2) is 9.98 Å². The summed E-state index contributed by atoms with van der Waals surface area (Å²) in [4.78, 5) is 8.85. The van der Waals surface area contributed by atoms with E-state index < -0.39 is 0 Å². The monoisotopic (exact) mass is 212 g/mol. The van der Waals surface area contributed by atoms with Crippen molar-refractivity contribution >= 4 is 29.9 Å². The van der Waals surface area contributed by atoms with Gasteiger partial charge in [0, 0.05) is 0 Å². The van der Waals surface area contributed by atoms with Crippen LogP contribution >= 0.6 is 11.3 Å². The Morgan fingerprint density at radius 1 is 1.29 bits per heavy atom. The molecule has 0 aliphatic heterocycles. The van der Waals surface area contributed by atoms with E-state index in [-0.39, 0.29) is 0 Å². The molecule has 0 bridgehead atoms. The minimum absolute atomic E-state index is 0.692. The molecular formula is C11H20N2S. The summed E-state index contributed by atoms with van der Waals surface area (Å²) in [5.41, 5.74) is 0. The van der Waals surface area contributed by atoms with Crippen LogP contribution in [0.4, 0.5) is 5.82 Å². The molecule has 0 N–H and O–H groups in total. The van der Waals surface area contributed by atoms with E-state index in [0.29, 0.717) is 5.82 Å². The fourth-order valence-electron chi connectivity index (χ4n) is 0.678. The number of aromatic nitrogens is 1. The number of aryl methyl sites for hydroxylation is 1. The van der Waals surface area contributed by atoms with Gasteiger partial charge < -0.3 is 0 Å². The molecular weight excluding hydrogens is 192 g/mol. The molecule has 0 aliphatic carbocycles. The summed E-state index contributed by atoms with van der Waals surface area (Å²) in [5, 5.41) is 0.998. The molecule has 0 saturated carbocycles. The Kier molecular flexibility index (Phi) is 11.2. The predicted octanol–water partition coefficient (Wildman–Crippen LogP) is 4.48. The number of nitrogens with zero attached hydrogens (tertiary/aromatic N) is 2. The molecule has 0 amide bonds.